The number of amides is 1. The number of nitrogens with zero attached hydrogens (tertiary/aromatic N) is 1. The van der Waals surface area contributed by atoms with Gasteiger partial charge in [0.1, 0.15) is 0 Å². The SMILES string of the molecule is CCC(CC)N1C(=O)C(C)NC1CC(C)C. The van der Waals surface area contributed by atoms with Gasteiger partial charge in [-0.2, -0.15) is 0 Å². The Kier molecular flexibility index (Phi) is 4.78. The van der Waals surface area contributed by atoms with Crippen LogP contribution < -0.4 is 5.32 Å². The molecule has 0 aromatic rings. The molecule has 0 saturated carbocycles. The van der Waals surface area contributed by atoms with Crippen molar-refractivity contribution in [1.82, 2.24) is 10.2 Å². The van der Waals surface area contributed by atoms with Crippen LogP contribution in [0.15, 0.2) is 0 Å². The molecule has 2 atom stereocenters. The van der Waals surface area contributed by atoms with Gasteiger partial charge in [-0.15, -0.1) is 0 Å². The highest BCUT2D eigenvalue weighted by Gasteiger charge is 2.39. The molecule has 0 spiro atoms. The molecule has 1 fully saturated rings. The minimum atomic E-state index is -0.00986. The lowest BCUT2D eigenvalue weighted by Gasteiger charge is -2.32. The van der Waals surface area contributed by atoms with Crippen molar-refractivity contribution < 1.29 is 4.79 Å². The van der Waals surface area contributed by atoms with Crippen molar-refractivity contribution in [3.8, 4) is 0 Å². The van der Waals surface area contributed by atoms with Crippen LogP contribution in [-0.2, 0) is 4.79 Å². The fourth-order valence-corrected chi connectivity index (χ4v) is 2.56. The Labute approximate surface area is 99.6 Å². The zero-order valence-corrected chi connectivity index (χ0v) is 11.3. The van der Waals surface area contributed by atoms with Crippen LogP contribution >= 0.6 is 0 Å². The van der Waals surface area contributed by atoms with E-state index in [0.29, 0.717) is 12.0 Å². The third-order valence-corrected chi connectivity index (χ3v) is 3.43. The van der Waals surface area contributed by atoms with E-state index in [9.17, 15) is 4.79 Å². The number of hydrogen-bond acceptors (Lipinski definition) is 2. The molecule has 1 amide bonds. The van der Waals surface area contributed by atoms with Gasteiger partial charge in [0.25, 0.3) is 0 Å². The Morgan fingerprint density at radius 1 is 1.31 bits per heavy atom. The molecule has 1 heterocycles. The Bertz CT molecular complexity index is 236. The van der Waals surface area contributed by atoms with E-state index in [2.05, 4.69) is 37.9 Å². The van der Waals surface area contributed by atoms with Crippen molar-refractivity contribution in [2.75, 3.05) is 0 Å². The molecule has 94 valence electrons. The second-order valence-electron chi connectivity index (χ2n) is 5.25. The lowest BCUT2D eigenvalue weighted by atomic mass is 10.1. The normalized spacial score (nSPS) is 26.2. The van der Waals surface area contributed by atoms with E-state index in [1.54, 1.807) is 0 Å². The Morgan fingerprint density at radius 3 is 2.31 bits per heavy atom. The average molecular weight is 226 g/mol. The lowest BCUT2D eigenvalue weighted by Crippen LogP contribution is -2.44. The van der Waals surface area contributed by atoms with E-state index < -0.39 is 0 Å². The molecule has 0 bridgehead atoms. The number of rotatable bonds is 5. The number of carbonyl (C=O) groups excluding carboxylic acids is 1. The summed E-state index contributed by atoms with van der Waals surface area (Å²) in [4.78, 5) is 14.2. The van der Waals surface area contributed by atoms with Crippen LogP contribution in [0.4, 0.5) is 0 Å². The van der Waals surface area contributed by atoms with Gasteiger partial charge in [-0.1, -0.05) is 27.7 Å². The minimum absolute atomic E-state index is 0.00986. The fourth-order valence-electron chi connectivity index (χ4n) is 2.56. The van der Waals surface area contributed by atoms with Crippen molar-refractivity contribution in [1.29, 1.82) is 0 Å². The van der Waals surface area contributed by atoms with Crippen LogP contribution in [0.1, 0.15) is 53.9 Å². The maximum absolute atomic E-state index is 12.1. The fraction of sp³-hybridized carbons (Fsp3) is 0.923. The molecule has 3 nitrogen and oxygen atoms in total. The van der Waals surface area contributed by atoms with Crippen molar-refractivity contribution in [2.24, 2.45) is 5.92 Å². The topological polar surface area (TPSA) is 32.3 Å². The van der Waals surface area contributed by atoms with Gasteiger partial charge in [-0.05, 0) is 32.1 Å². The predicted molar refractivity (Wildman–Crippen MR) is 67.1 cm³/mol. The van der Waals surface area contributed by atoms with Crippen molar-refractivity contribution >= 4 is 5.91 Å². The third kappa shape index (κ3) is 2.76. The highest BCUT2D eigenvalue weighted by molar-refractivity contribution is 5.84. The number of carbonyl (C=O) groups is 1. The summed E-state index contributed by atoms with van der Waals surface area (Å²) in [7, 11) is 0. The van der Waals surface area contributed by atoms with Gasteiger partial charge in [-0.25, -0.2) is 0 Å². The smallest absolute Gasteiger partial charge is 0.240 e. The molecule has 1 saturated heterocycles. The summed E-state index contributed by atoms with van der Waals surface area (Å²) in [5, 5.41) is 3.41. The summed E-state index contributed by atoms with van der Waals surface area (Å²) < 4.78 is 0. The van der Waals surface area contributed by atoms with Crippen molar-refractivity contribution in [3.63, 3.8) is 0 Å². The standard InChI is InChI=1S/C13H26N2O/c1-6-11(7-2)15-12(8-9(3)4)14-10(5)13(15)16/h9-12,14H,6-8H2,1-5H3. The number of hydrogen-bond donors (Lipinski definition) is 1. The van der Waals surface area contributed by atoms with Gasteiger partial charge in [0, 0.05) is 6.04 Å². The van der Waals surface area contributed by atoms with Crippen molar-refractivity contribution in [2.45, 2.75) is 72.1 Å². The maximum atomic E-state index is 12.1. The van der Waals surface area contributed by atoms with E-state index in [-0.39, 0.29) is 18.1 Å². The Hall–Kier alpha value is -0.570. The van der Waals surface area contributed by atoms with Crippen LogP contribution in [0.5, 0.6) is 0 Å². The summed E-state index contributed by atoms with van der Waals surface area (Å²) in [6.45, 7) is 10.7. The van der Waals surface area contributed by atoms with Crippen LogP contribution in [0.25, 0.3) is 0 Å². The molecule has 0 aromatic carbocycles. The van der Waals surface area contributed by atoms with E-state index in [1.807, 2.05) is 6.92 Å². The molecule has 1 N–H and O–H groups in total. The first-order chi connectivity index (χ1) is 7.51. The van der Waals surface area contributed by atoms with Crippen LogP contribution in [0, 0.1) is 5.92 Å². The summed E-state index contributed by atoms with van der Waals surface area (Å²) >= 11 is 0. The molecule has 1 rings (SSSR count). The molecular weight excluding hydrogens is 200 g/mol. The molecule has 3 heteroatoms. The van der Waals surface area contributed by atoms with E-state index in [0.717, 1.165) is 19.3 Å². The summed E-state index contributed by atoms with van der Waals surface area (Å²) in [5.41, 5.74) is 0. The second-order valence-corrected chi connectivity index (χ2v) is 5.25. The summed E-state index contributed by atoms with van der Waals surface area (Å²) in [6.07, 6.45) is 3.38. The third-order valence-electron chi connectivity index (χ3n) is 3.43. The van der Waals surface area contributed by atoms with Gasteiger partial charge in [0.15, 0.2) is 0 Å². The molecule has 1 aliphatic rings. The quantitative estimate of drug-likeness (QED) is 0.780. The molecule has 0 aromatic heterocycles. The lowest BCUT2D eigenvalue weighted by molar-refractivity contribution is -0.132. The minimum Gasteiger partial charge on any atom is -0.323 e. The van der Waals surface area contributed by atoms with Gasteiger partial charge < -0.3 is 4.90 Å². The van der Waals surface area contributed by atoms with Gasteiger partial charge >= 0.3 is 0 Å². The van der Waals surface area contributed by atoms with E-state index in [1.165, 1.54) is 0 Å². The average Bonchev–Trinajstić information content (AvgIpc) is 2.47. The highest BCUT2D eigenvalue weighted by atomic mass is 16.2. The molecule has 2 unspecified atom stereocenters. The largest absolute Gasteiger partial charge is 0.323 e. The Balaban J connectivity index is 2.78. The number of nitrogens with one attached hydrogen (secondary N) is 1. The Morgan fingerprint density at radius 2 is 1.88 bits per heavy atom. The molecule has 0 radical (unpaired) electrons. The molecule has 0 aliphatic carbocycles. The van der Waals surface area contributed by atoms with E-state index >= 15 is 0 Å². The first kappa shape index (κ1) is 13.5. The monoisotopic (exact) mass is 226 g/mol. The van der Waals surface area contributed by atoms with Crippen LogP contribution in [0.3, 0.4) is 0 Å². The molecule has 1 aliphatic heterocycles. The first-order valence-corrected chi connectivity index (χ1v) is 6.59. The molecule has 16 heavy (non-hydrogen) atoms. The zero-order valence-electron chi connectivity index (χ0n) is 11.3. The second kappa shape index (κ2) is 5.67. The zero-order chi connectivity index (χ0) is 12.3. The van der Waals surface area contributed by atoms with Crippen LogP contribution in [0.2, 0.25) is 0 Å². The van der Waals surface area contributed by atoms with Crippen LogP contribution in [-0.4, -0.2) is 29.1 Å². The summed E-state index contributed by atoms with van der Waals surface area (Å²) in [5.74, 6) is 0.895. The summed E-state index contributed by atoms with van der Waals surface area (Å²) in [6, 6.07) is 0.387. The van der Waals surface area contributed by atoms with Gasteiger partial charge in [0.2, 0.25) is 5.91 Å². The highest BCUT2D eigenvalue weighted by Crippen LogP contribution is 2.23. The predicted octanol–water partition coefficient (Wildman–Crippen LogP) is 2.37. The van der Waals surface area contributed by atoms with E-state index in [4.69, 9.17) is 0 Å². The maximum Gasteiger partial charge on any atom is 0.240 e. The van der Waals surface area contributed by atoms with Gasteiger partial charge in [0.05, 0.1) is 12.2 Å². The first-order valence-electron chi connectivity index (χ1n) is 6.59. The van der Waals surface area contributed by atoms with Gasteiger partial charge in [-0.3, -0.25) is 10.1 Å². The molecular formula is C13H26N2O. The van der Waals surface area contributed by atoms with Crippen molar-refractivity contribution in [3.05, 3.63) is 0 Å².